The van der Waals surface area contributed by atoms with Crippen LogP contribution in [-0.2, 0) is 6.42 Å². The predicted molar refractivity (Wildman–Crippen MR) is 90.0 cm³/mol. The lowest BCUT2D eigenvalue weighted by atomic mass is 10.1. The summed E-state index contributed by atoms with van der Waals surface area (Å²) in [6.45, 7) is 2.16. The van der Waals surface area contributed by atoms with Gasteiger partial charge in [0.05, 0.1) is 11.2 Å². The fourth-order valence-corrected chi connectivity index (χ4v) is 2.54. The Balaban J connectivity index is 2.08. The molecule has 106 valence electrons. The Morgan fingerprint density at radius 1 is 1.05 bits per heavy atom. The molecule has 0 saturated carbocycles. The van der Waals surface area contributed by atoms with Gasteiger partial charge in [-0.3, -0.25) is 4.98 Å². The maximum Gasteiger partial charge on any atom is 0.0959 e. The number of pyridine rings is 1. The first kappa shape index (κ1) is 13.4. The van der Waals surface area contributed by atoms with Crippen LogP contribution in [0.3, 0.4) is 0 Å². The van der Waals surface area contributed by atoms with Gasteiger partial charge in [-0.25, -0.2) is 0 Å². The monoisotopic (exact) mass is 277 g/mol. The number of nitrogens with zero attached hydrogens (tertiary/aromatic N) is 2. The third-order valence-corrected chi connectivity index (χ3v) is 3.88. The zero-order valence-electron chi connectivity index (χ0n) is 12.4. The summed E-state index contributed by atoms with van der Waals surface area (Å²) in [4.78, 5) is 6.65. The van der Waals surface area contributed by atoms with E-state index in [9.17, 15) is 0 Å². The van der Waals surface area contributed by atoms with Crippen molar-refractivity contribution in [3.63, 3.8) is 0 Å². The molecule has 0 aliphatic rings. The van der Waals surface area contributed by atoms with Gasteiger partial charge in [0.15, 0.2) is 0 Å². The van der Waals surface area contributed by atoms with Crippen LogP contribution in [0.1, 0.15) is 12.5 Å². The minimum absolute atomic E-state index is 0.761. The van der Waals surface area contributed by atoms with Crippen LogP contribution in [0.5, 0.6) is 0 Å². The summed E-state index contributed by atoms with van der Waals surface area (Å²) in [5.74, 6) is 0. The highest BCUT2D eigenvalue weighted by molar-refractivity contribution is 5.99. The molecule has 0 fully saturated rings. The number of rotatable bonds is 3. The molecule has 3 heteroatoms. The molecule has 2 aromatic carbocycles. The van der Waals surface area contributed by atoms with E-state index in [0.717, 1.165) is 34.4 Å². The molecule has 0 unspecified atom stereocenters. The van der Waals surface area contributed by atoms with E-state index in [-0.39, 0.29) is 0 Å². The zero-order valence-corrected chi connectivity index (χ0v) is 12.4. The molecule has 1 heterocycles. The van der Waals surface area contributed by atoms with Crippen molar-refractivity contribution in [3.8, 4) is 0 Å². The topological polar surface area (TPSA) is 42.1 Å². The Morgan fingerprint density at radius 3 is 2.52 bits per heavy atom. The van der Waals surface area contributed by atoms with Crippen molar-refractivity contribution in [1.29, 1.82) is 0 Å². The molecule has 0 radical (unpaired) electrons. The second-order valence-corrected chi connectivity index (χ2v) is 5.15. The molecule has 0 spiro atoms. The Labute approximate surface area is 125 Å². The maximum absolute atomic E-state index is 6.04. The van der Waals surface area contributed by atoms with Gasteiger partial charge < -0.3 is 10.6 Å². The van der Waals surface area contributed by atoms with Crippen molar-refractivity contribution >= 4 is 28.0 Å². The molecule has 3 nitrogen and oxygen atoms in total. The molecule has 0 atom stereocenters. The minimum atomic E-state index is 0.761. The van der Waals surface area contributed by atoms with Crippen molar-refractivity contribution in [2.24, 2.45) is 0 Å². The summed E-state index contributed by atoms with van der Waals surface area (Å²) >= 11 is 0. The fourth-order valence-electron chi connectivity index (χ4n) is 2.54. The van der Waals surface area contributed by atoms with Crippen LogP contribution >= 0.6 is 0 Å². The second kappa shape index (κ2) is 5.44. The first-order valence-electron chi connectivity index (χ1n) is 7.16. The summed E-state index contributed by atoms with van der Waals surface area (Å²) < 4.78 is 0. The van der Waals surface area contributed by atoms with Crippen LogP contribution < -0.4 is 10.6 Å². The number of fused-ring (bicyclic) bond motifs is 1. The second-order valence-electron chi connectivity index (χ2n) is 5.15. The SMILES string of the molecule is CCc1ccc(N(C)c2ccc(N)c3cccnc23)cc1. The minimum Gasteiger partial charge on any atom is -0.398 e. The molecule has 21 heavy (non-hydrogen) atoms. The molecule has 2 N–H and O–H groups in total. The van der Waals surface area contributed by atoms with E-state index in [1.807, 2.05) is 24.3 Å². The van der Waals surface area contributed by atoms with E-state index in [4.69, 9.17) is 5.73 Å². The standard InChI is InChI=1S/C18H19N3/c1-3-13-6-8-14(9-7-13)21(2)17-11-10-16(19)15-5-4-12-20-18(15)17/h4-12H,3,19H2,1-2H3. The van der Waals surface area contributed by atoms with Gasteiger partial charge in [-0.05, 0) is 48.4 Å². The third-order valence-electron chi connectivity index (χ3n) is 3.88. The number of hydrogen-bond acceptors (Lipinski definition) is 3. The number of hydrogen-bond donors (Lipinski definition) is 1. The molecular formula is C18H19N3. The van der Waals surface area contributed by atoms with Crippen molar-refractivity contribution in [3.05, 3.63) is 60.3 Å². The third kappa shape index (κ3) is 2.42. The zero-order chi connectivity index (χ0) is 14.8. The maximum atomic E-state index is 6.04. The lowest BCUT2D eigenvalue weighted by molar-refractivity contribution is 1.13. The van der Waals surface area contributed by atoms with Crippen molar-refractivity contribution in [2.45, 2.75) is 13.3 Å². The predicted octanol–water partition coefficient (Wildman–Crippen LogP) is 4.15. The number of aryl methyl sites for hydroxylation is 1. The number of nitrogens with two attached hydrogens (primary N) is 1. The molecule has 0 saturated heterocycles. The average Bonchev–Trinajstić information content (AvgIpc) is 2.55. The molecule has 0 aliphatic carbocycles. The molecule has 0 amide bonds. The smallest absolute Gasteiger partial charge is 0.0959 e. The Bertz CT molecular complexity index is 763. The van der Waals surface area contributed by atoms with Crippen molar-refractivity contribution < 1.29 is 0 Å². The van der Waals surface area contributed by atoms with E-state index >= 15 is 0 Å². The van der Waals surface area contributed by atoms with Gasteiger partial charge in [0.25, 0.3) is 0 Å². The molecule has 3 aromatic rings. The first-order valence-corrected chi connectivity index (χ1v) is 7.16. The summed E-state index contributed by atoms with van der Waals surface area (Å²) in [6.07, 6.45) is 2.86. The quantitative estimate of drug-likeness (QED) is 0.731. The van der Waals surface area contributed by atoms with Crippen LogP contribution in [0.25, 0.3) is 10.9 Å². The van der Waals surface area contributed by atoms with Gasteiger partial charge in [-0.1, -0.05) is 19.1 Å². The number of nitrogen functional groups attached to an aromatic ring is 1. The van der Waals surface area contributed by atoms with Crippen LogP contribution in [0.4, 0.5) is 17.1 Å². The highest BCUT2D eigenvalue weighted by Gasteiger charge is 2.10. The lowest BCUT2D eigenvalue weighted by Crippen LogP contribution is -2.10. The van der Waals surface area contributed by atoms with Gasteiger partial charge in [-0.2, -0.15) is 0 Å². The van der Waals surface area contributed by atoms with E-state index in [1.54, 1.807) is 6.20 Å². The van der Waals surface area contributed by atoms with Gasteiger partial charge >= 0.3 is 0 Å². The molecular weight excluding hydrogens is 258 g/mol. The van der Waals surface area contributed by atoms with Crippen LogP contribution in [-0.4, -0.2) is 12.0 Å². The van der Waals surface area contributed by atoms with Gasteiger partial charge in [0.2, 0.25) is 0 Å². The van der Waals surface area contributed by atoms with E-state index < -0.39 is 0 Å². The number of aromatic nitrogens is 1. The number of anilines is 3. The normalized spacial score (nSPS) is 10.8. The molecule has 3 rings (SSSR count). The lowest BCUT2D eigenvalue weighted by Gasteiger charge is -2.21. The van der Waals surface area contributed by atoms with E-state index in [0.29, 0.717) is 0 Å². The summed E-state index contributed by atoms with van der Waals surface area (Å²) in [5, 5.41) is 0.993. The van der Waals surface area contributed by atoms with E-state index in [1.165, 1.54) is 5.56 Å². The first-order chi connectivity index (χ1) is 10.2. The average molecular weight is 277 g/mol. The summed E-state index contributed by atoms with van der Waals surface area (Å²) in [5.41, 5.74) is 11.3. The highest BCUT2D eigenvalue weighted by Crippen LogP contribution is 2.32. The summed E-state index contributed by atoms with van der Waals surface area (Å²) in [7, 11) is 2.06. The van der Waals surface area contributed by atoms with Crippen LogP contribution in [0, 0.1) is 0 Å². The largest absolute Gasteiger partial charge is 0.398 e. The molecule has 1 aromatic heterocycles. The van der Waals surface area contributed by atoms with E-state index in [2.05, 4.69) is 48.1 Å². The number of benzene rings is 2. The van der Waals surface area contributed by atoms with Gasteiger partial charge in [0, 0.05) is 30.0 Å². The Morgan fingerprint density at radius 2 is 1.81 bits per heavy atom. The van der Waals surface area contributed by atoms with Crippen molar-refractivity contribution in [2.75, 3.05) is 17.7 Å². The Kier molecular flexibility index (Phi) is 3.48. The van der Waals surface area contributed by atoms with Crippen LogP contribution in [0.2, 0.25) is 0 Å². The molecule has 0 bridgehead atoms. The molecule has 0 aliphatic heterocycles. The van der Waals surface area contributed by atoms with Crippen LogP contribution in [0.15, 0.2) is 54.7 Å². The fraction of sp³-hybridized carbons (Fsp3) is 0.167. The summed E-state index contributed by atoms with van der Waals surface area (Å²) in [6, 6.07) is 16.5. The van der Waals surface area contributed by atoms with Gasteiger partial charge in [0.1, 0.15) is 0 Å². The van der Waals surface area contributed by atoms with Crippen molar-refractivity contribution in [1.82, 2.24) is 4.98 Å². The Hall–Kier alpha value is -2.55. The highest BCUT2D eigenvalue weighted by atomic mass is 15.1. The van der Waals surface area contributed by atoms with Gasteiger partial charge in [-0.15, -0.1) is 0 Å².